The van der Waals surface area contributed by atoms with E-state index in [0.29, 0.717) is 24.7 Å². The molecule has 0 saturated heterocycles. The predicted molar refractivity (Wildman–Crippen MR) is 113 cm³/mol. The summed E-state index contributed by atoms with van der Waals surface area (Å²) in [6.07, 6.45) is 8.09. The number of amides is 1. The Morgan fingerprint density at radius 2 is 1.94 bits per heavy atom. The number of halogens is 1. The summed E-state index contributed by atoms with van der Waals surface area (Å²) in [5, 5.41) is 4.59. The quantitative estimate of drug-likeness (QED) is 0.604. The second-order valence-electron chi connectivity index (χ2n) is 8.02. The van der Waals surface area contributed by atoms with Crippen molar-refractivity contribution in [3.05, 3.63) is 71.8 Å². The molecule has 0 radical (unpaired) electrons. The maximum absolute atomic E-state index is 13.3. The normalized spacial score (nSPS) is 18.1. The van der Waals surface area contributed by atoms with Gasteiger partial charge in [0.1, 0.15) is 12.9 Å². The third kappa shape index (κ3) is 3.15. The SMILES string of the molecule is O=C1CN=C(n2cnc(C3CC3)n2)C=C2c3cccc(-c4ccc(F)nc4)c3CCN12. The number of benzene rings is 1. The van der Waals surface area contributed by atoms with Crippen LogP contribution < -0.4 is 0 Å². The number of aromatic nitrogens is 4. The highest BCUT2D eigenvalue weighted by Gasteiger charge is 2.31. The fraction of sp³-hybridized carbons (Fsp3) is 0.261. The van der Waals surface area contributed by atoms with Gasteiger partial charge in [-0.05, 0) is 42.5 Å². The first kappa shape index (κ1) is 18.1. The molecule has 0 atom stereocenters. The van der Waals surface area contributed by atoms with Crippen LogP contribution in [0.25, 0.3) is 16.8 Å². The summed E-state index contributed by atoms with van der Waals surface area (Å²) in [6, 6.07) is 9.08. The molecule has 7 nitrogen and oxygen atoms in total. The topological polar surface area (TPSA) is 76.3 Å². The molecule has 0 unspecified atom stereocenters. The lowest BCUT2D eigenvalue weighted by atomic mass is 9.89. The van der Waals surface area contributed by atoms with Crippen molar-refractivity contribution in [2.75, 3.05) is 13.1 Å². The molecular formula is C23H19FN6O. The summed E-state index contributed by atoms with van der Waals surface area (Å²) in [5.41, 5.74) is 4.75. The van der Waals surface area contributed by atoms with Gasteiger partial charge in [-0.1, -0.05) is 18.2 Å². The summed E-state index contributed by atoms with van der Waals surface area (Å²) in [6.45, 7) is 0.641. The van der Waals surface area contributed by atoms with Gasteiger partial charge in [-0.15, -0.1) is 5.10 Å². The third-order valence-corrected chi connectivity index (χ3v) is 6.00. The van der Waals surface area contributed by atoms with Crippen LogP contribution in [0.1, 0.15) is 35.7 Å². The van der Waals surface area contributed by atoms with Crippen molar-refractivity contribution >= 4 is 17.4 Å². The lowest BCUT2D eigenvalue weighted by Gasteiger charge is -2.32. The van der Waals surface area contributed by atoms with Crippen LogP contribution in [-0.2, 0) is 11.2 Å². The van der Waals surface area contributed by atoms with Gasteiger partial charge in [0.05, 0.1) is 5.70 Å². The Morgan fingerprint density at radius 1 is 1.06 bits per heavy atom. The van der Waals surface area contributed by atoms with Crippen LogP contribution in [0, 0.1) is 5.95 Å². The van der Waals surface area contributed by atoms with E-state index in [-0.39, 0.29) is 12.5 Å². The summed E-state index contributed by atoms with van der Waals surface area (Å²) >= 11 is 0. The number of nitrogens with zero attached hydrogens (tertiary/aromatic N) is 6. The number of carbonyl (C=O) groups excluding carboxylic acids is 1. The fourth-order valence-corrected chi connectivity index (χ4v) is 4.26. The number of pyridine rings is 1. The molecule has 0 spiro atoms. The predicted octanol–water partition coefficient (Wildman–Crippen LogP) is 3.04. The first-order chi connectivity index (χ1) is 15.2. The number of allylic oxidation sites excluding steroid dienone is 1. The summed E-state index contributed by atoms with van der Waals surface area (Å²) in [4.78, 5) is 27.4. The summed E-state index contributed by atoms with van der Waals surface area (Å²) < 4.78 is 15.0. The number of rotatable bonds is 2. The van der Waals surface area contributed by atoms with Gasteiger partial charge in [-0.2, -0.15) is 4.39 Å². The van der Waals surface area contributed by atoms with Crippen molar-refractivity contribution in [3.8, 4) is 11.1 Å². The Labute approximate surface area is 178 Å². The number of aliphatic imine (C=N–C) groups is 1. The lowest BCUT2D eigenvalue weighted by Crippen LogP contribution is -2.36. The van der Waals surface area contributed by atoms with Gasteiger partial charge < -0.3 is 4.90 Å². The van der Waals surface area contributed by atoms with Crippen LogP contribution in [0.2, 0.25) is 0 Å². The van der Waals surface area contributed by atoms with Crippen LogP contribution >= 0.6 is 0 Å². The summed E-state index contributed by atoms with van der Waals surface area (Å²) in [7, 11) is 0. The average molecular weight is 414 g/mol. The minimum absolute atomic E-state index is 0.0386. The first-order valence-corrected chi connectivity index (χ1v) is 10.4. The van der Waals surface area contributed by atoms with E-state index in [1.807, 2.05) is 24.3 Å². The van der Waals surface area contributed by atoms with Crippen molar-refractivity contribution in [1.82, 2.24) is 24.6 Å². The highest BCUT2D eigenvalue weighted by atomic mass is 19.1. The van der Waals surface area contributed by atoms with Gasteiger partial charge in [0, 0.05) is 35.9 Å². The standard InChI is InChI=1S/C23H19FN6O/c24-20-7-6-15(11-25-20)16-2-1-3-18-17(16)8-9-29-19(18)10-21(26-12-22(29)31)30-13-27-23(28-30)14-4-5-14/h1-3,6-7,10-11,13-14H,4-5,8-9,12H2. The minimum atomic E-state index is -0.504. The largest absolute Gasteiger partial charge is 0.310 e. The van der Waals surface area contributed by atoms with E-state index in [2.05, 4.69) is 20.1 Å². The van der Waals surface area contributed by atoms with Crippen LogP contribution in [0.4, 0.5) is 4.39 Å². The Kier molecular flexibility index (Phi) is 4.05. The fourth-order valence-electron chi connectivity index (χ4n) is 4.26. The number of carbonyl (C=O) groups is 1. The molecule has 1 saturated carbocycles. The van der Waals surface area contributed by atoms with E-state index in [9.17, 15) is 9.18 Å². The maximum atomic E-state index is 13.3. The van der Waals surface area contributed by atoms with Crippen molar-refractivity contribution in [1.29, 1.82) is 0 Å². The molecular weight excluding hydrogens is 395 g/mol. The van der Waals surface area contributed by atoms with Gasteiger partial charge in [-0.25, -0.2) is 14.6 Å². The second kappa shape index (κ2) is 6.94. The van der Waals surface area contributed by atoms with Crippen molar-refractivity contribution in [2.24, 2.45) is 4.99 Å². The van der Waals surface area contributed by atoms with Crippen molar-refractivity contribution in [3.63, 3.8) is 0 Å². The van der Waals surface area contributed by atoms with Crippen molar-refractivity contribution < 1.29 is 9.18 Å². The highest BCUT2D eigenvalue weighted by Crippen LogP contribution is 2.38. The minimum Gasteiger partial charge on any atom is -0.310 e. The molecule has 154 valence electrons. The van der Waals surface area contributed by atoms with Crippen LogP contribution in [-0.4, -0.2) is 49.5 Å². The maximum Gasteiger partial charge on any atom is 0.248 e. The molecule has 1 aliphatic carbocycles. The van der Waals surface area contributed by atoms with Gasteiger partial charge in [0.2, 0.25) is 11.9 Å². The molecule has 8 heteroatoms. The van der Waals surface area contributed by atoms with Crippen LogP contribution in [0.15, 0.2) is 53.9 Å². The van der Waals surface area contributed by atoms with E-state index >= 15 is 0 Å². The molecule has 0 bridgehead atoms. The second-order valence-corrected chi connectivity index (χ2v) is 8.02. The van der Waals surface area contributed by atoms with Gasteiger partial charge >= 0.3 is 0 Å². The molecule has 1 fully saturated rings. The molecule has 2 aromatic heterocycles. The van der Waals surface area contributed by atoms with E-state index in [0.717, 1.165) is 46.6 Å². The Balaban J connectivity index is 1.45. The highest BCUT2D eigenvalue weighted by molar-refractivity contribution is 6.06. The number of hydrogen-bond acceptors (Lipinski definition) is 5. The first-order valence-electron chi connectivity index (χ1n) is 10.4. The molecule has 6 rings (SSSR count). The van der Waals surface area contributed by atoms with Gasteiger partial charge in [0.25, 0.3) is 0 Å². The zero-order valence-corrected chi connectivity index (χ0v) is 16.7. The average Bonchev–Trinajstić information content (AvgIpc) is 3.56. The van der Waals surface area contributed by atoms with E-state index < -0.39 is 5.95 Å². The van der Waals surface area contributed by atoms with E-state index in [4.69, 9.17) is 0 Å². The lowest BCUT2D eigenvalue weighted by molar-refractivity contribution is -0.126. The van der Waals surface area contributed by atoms with E-state index in [1.165, 1.54) is 6.07 Å². The molecule has 31 heavy (non-hydrogen) atoms. The zero-order valence-electron chi connectivity index (χ0n) is 16.7. The Bertz CT molecular complexity index is 1260. The van der Waals surface area contributed by atoms with Crippen molar-refractivity contribution in [2.45, 2.75) is 25.2 Å². The summed E-state index contributed by atoms with van der Waals surface area (Å²) in [5.74, 6) is 1.34. The van der Waals surface area contributed by atoms with Crippen LogP contribution in [0.5, 0.6) is 0 Å². The number of hydrogen-bond donors (Lipinski definition) is 0. The molecule has 3 aromatic rings. The molecule has 1 amide bonds. The third-order valence-electron chi connectivity index (χ3n) is 6.00. The van der Waals surface area contributed by atoms with Gasteiger partial charge in [-0.3, -0.25) is 9.79 Å². The van der Waals surface area contributed by atoms with Crippen LogP contribution in [0.3, 0.4) is 0 Å². The zero-order chi connectivity index (χ0) is 20.9. The molecule has 4 heterocycles. The number of fused-ring (bicyclic) bond motifs is 3. The Hall–Kier alpha value is -3.68. The van der Waals surface area contributed by atoms with E-state index in [1.54, 1.807) is 28.2 Å². The molecule has 3 aliphatic rings. The van der Waals surface area contributed by atoms with Gasteiger partial charge in [0.15, 0.2) is 11.7 Å². The Morgan fingerprint density at radius 3 is 2.74 bits per heavy atom. The molecule has 2 aliphatic heterocycles. The molecule has 1 aromatic carbocycles. The monoisotopic (exact) mass is 414 g/mol. The smallest absolute Gasteiger partial charge is 0.248 e. The molecule has 0 N–H and O–H groups in total.